The molecule has 0 fully saturated rings. The fraction of sp³-hybridized carbons (Fsp3) is 0.364. The zero-order chi connectivity index (χ0) is 12.3. The number of carbonyl (C=O) groups is 1. The first-order valence-corrected chi connectivity index (χ1v) is 4.92. The lowest BCUT2D eigenvalue weighted by Crippen LogP contribution is -2.37. The lowest BCUT2D eigenvalue weighted by molar-refractivity contribution is -0.125. The Morgan fingerprint density at radius 3 is 2.62 bits per heavy atom. The molecule has 1 aromatic rings. The molecule has 1 amide bonds. The fourth-order valence-corrected chi connectivity index (χ4v) is 1.10. The summed E-state index contributed by atoms with van der Waals surface area (Å²) >= 11 is 0. The third-order valence-corrected chi connectivity index (χ3v) is 2.40. The summed E-state index contributed by atoms with van der Waals surface area (Å²) in [6.07, 6.45) is 0. The zero-order valence-electron chi connectivity index (χ0n) is 9.38. The van der Waals surface area contributed by atoms with Crippen LogP contribution in [-0.2, 0) is 4.79 Å². The highest BCUT2D eigenvalue weighted by molar-refractivity contribution is 5.81. The lowest BCUT2D eigenvalue weighted by Gasteiger charge is -2.22. The Labute approximate surface area is 93.8 Å². The highest BCUT2D eigenvalue weighted by Crippen LogP contribution is 2.22. The van der Waals surface area contributed by atoms with Gasteiger partial charge in [-0.15, -0.1) is 0 Å². The lowest BCUT2D eigenvalue weighted by atomic mass is 9.92. The van der Waals surface area contributed by atoms with E-state index in [4.69, 9.17) is 11.5 Å². The van der Waals surface area contributed by atoms with E-state index >= 15 is 0 Å². The Morgan fingerprint density at radius 1 is 1.50 bits per heavy atom. The SMILES string of the molecule is CC(C)(CNc1ccc(F)cc1N)C(N)=O. The first-order valence-electron chi connectivity index (χ1n) is 4.92. The Balaban J connectivity index is 2.72. The molecule has 0 radical (unpaired) electrons. The number of primary amides is 1. The minimum Gasteiger partial charge on any atom is -0.397 e. The molecule has 4 nitrogen and oxygen atoms in total. The molecule has 1 aromatic carbocycles. The Morgan fingerprint density at radius 2 is 2.12 bits per heavy atom. The monoisotopic (exact) mass is 225 g/mol. The van der Waals surface area contributed by atoms with Crippen LogP contribution in [0.1, 0.15) is 13.8 Å². The molecule has 0 aliphatic heterocycles. The predicted octanol–water partition coefficient (Wildman–Crippen LogP) is 1.33. The van der Waals surface area contributed by atoms with Gasteiger partial charge in [-0.1, -0.05) is 0 Å². The van der Waals surface area contributed by atoms with Gasteiger partial charge in [-0.3, -0.25) is 4.79 Å². The molecular formula is C11H16FN3O. The molecule has 5 heteroatoms. The number of benzene rings is 1. The molecule has 88 valence electrons. The summed E-state index contributed by atoms with van der Waals surface area (Å²) in [6, 6.07) is 4.05. The van der Waals surface area contributed by atoms with Crippen LogP contribution >= 0.6 is 0 Å². The number of hydrogen-bond acceptors (Lipinski definition) is 3. The highest BCUT2D eigenvalue weighted by atomic mass is 19.1. The number of halogens is 1. The normalized spacial score (nSPS) is 11.2. The van der Waals surface area contributed by atoms with E-state index in [1.54, 1.807) is 13.8 Å². The van der Waals surface area contributed by atoms with Crippen molar-refractivity contribution in [3.8, 4) is 0 Å². The number of hydrogen-bond donors (Lipinski definition) is 3. The molecule has 16 heavy (non-hydrogen) atoms. The van der Waals surface area contributed by atoms with E-state index < -0.39 is 17.1 Å². The van der Waals surface area contributed by atoms with Gasteiger partial charge in [0.25, 0.3) is 0 Å². The molecule has 0 spiro atoms. The minimum absolute atomic E-state index is 0.306. The van der Waals surface area contributed by atoms with Crippen LogP contribution in [0.2, 0.25) is 0 Å². The second-order valence-electron chi connectivity index (χ2n) is 4.33. The van der Waals surface area contributed by atoms with Gasteiger partial charge < -0.3 is 16.8 Å². The molecule has 5 N–H and O–H groups in total. The van der Waals surface area contributed by atoms with Gasteiger partial charge in [0.15, 0.2) is 0 Å². The van der Waals surface area contributed by atoms with Crippen molar-refractivity contribution in [1.29, 1.82) is 0 Å². The van der Waals surface area contributed by atoms with Gasteiger partial charge in [-0.2, -0.15) is 0 Å². The molecule has 0 saturated carbocycles. The molecule has 0 aliphatic carbocycles. The summed E-state index contributed by atoms with van der Waals surface area (Å²) < 4.78 is 12.8. The molecule has 0 heterocycles. The maximum Gasteiger partial charge on any atom is 0.224 e. The quantitative estimate of drug-likeness (QED) is 0.676. The average Bonchev–Trinajstić information content (AvgIpc) is 2.16. The van der Waals surface area contributed by atoms with Gasteiger partial charge in [-0.05, 0) is 32.0 Å². The van der Waals surface area contributed by atoms with Crippen LogP contribution in [0, 0.1) is 11.2 Å². The molecule has 0 unspecified atom stereocenters. The third kappa shape index (κ3) is 2.85. The number of nitrogen functional groups attached to an aromatic ring is 1. The molecule has 0 aliphatic rings. The predicted molar refractivity (Wildman–Crippen MR) is 62.3 cm³/mol. The average molecular weight is 225 g/mol. The van der Waals surface area contributed by atoms with Crippen molar-refractivity contribution >= 4 is 17.3 Å². The number of carbonyl (C=O) groups excluding carboxylic acids is 1. The maximum atomic E-state index is 12.8. The number of nitrogens with one attached hydrogen (secondary N) is 1. The van der Waals surface area contributed by atoms with Crippen LogP contribution < -0.4 is 16.8 Å². The van der Waals surface area contributed by atoms with E-state index in [9.17, 15) is 9.18 Å². The van der Waals surface area contributed by atoms with Crippen molar-refractivity contribution in [3.63, 3.8) is 0 Å². The number of nitrogens with two attached hydrogens (primary N) is 2. The largest absolute Gasteiger partial charge is 0.397 e. The van der Waals surface area contributed by atoms with Crippen LogP contribution in [0.5, 0.6) is 0 Å². The molecule has 0 saturated heterocycles. The molecule has 0 aromatic heterocycles. The second kappa shape index (κ2) is 4.38. The highest BCUT2D eigenvalue weighted by Gasteiger charge is 2.24. The molecular weight excluding hydrogens is 209 g/mol. The van der Waals surface area contributed by atoms with Crippen molar-refractivity contribution in [2.75, 3.05) is 17.6 Å². The number of anilines is 2. The smallest absolute Gasteiger partial charge is 0.224 e. The van der Waals surface area contributed by atoms with Gasteiger partial charge in [0, 0.05) is 6.54 Å². The van der Waals surface area contributed by atoms with Crippen LogP contribution in [0.25, 0.3) is 0 Å². The van der Waals surface area contributed by atoms with Gasteiger partial charge in [0.05, 0.1) is 16.8 Å². The molecule has 0 atom stereocenters. The minimum atomic E-state index is -0.680. The van der Waals surface area contributed by atoms with Crippen LogP contribution in [-0.4, -0.2) is 12.5 Å². The van der Waals surface area contributed by atoms with Crippen molar-refractivity contribution in [2.45, 2.75) is 13.8 Å². The topological polar surface area (TPSA) is 81.1 Å². The van der Waals surface area contributed by atoms with Crippen LogP contribution in [0.3, 0.4) is 0 Å². The van der Waals surface area contributed by atoms with Crippen LogP contribution in [0.4, 0.5) is 15.8 Å². The van der Waals surface area contributed by atoms with E-state index in [0.717, 1.165) is 0 Å². The zero-order valence-corrected chi connectivity index (χ0v) is 9.38. The van der Waals surface area contributed by atoms with Gasteiger partial charge in [-0.25, -0.2) is 4.39 Å². The summed E-state index contributed by atoms with van der Waals surface area (Å²) in [7, 11) is 0. The summed E-state index contributed by atoms with van der Waals surface area (Å²) in [6.45, 7) is 3.79. The van der Waals surface area contributed by atoms with Gasteiger partial charge in [0.2, 0.25) is 5.91 Å². The third-order valence-electron chi connectivity index (χ3n) is 2.40. The Kier molecular flexibility index (Phi) is 3.37. The van der Waals surface area contributed by atoms with E-state index in [0.29, 0.717) is 17.9 Å². The van der Waals surface area contributed by atoms with E-state index in [1.165, 1.54) is 18.2 Å². The first-order chi connectivity index (χ1) is 7.33. The summed E-state index contributed by atoms with van der Waals surface area (Å²) in [5, 5.41) is 2.97. The standard InChI is InChI=1S/C11H16FN3O/c1-11(2,10(14)16)6-15-9-4-3-7(12)5-8(9)13/h3-5,15H,6,13H2,1-2H3,(H2,14,16). The van der Waals surface area contributed by atoms with Crippen molar-refractivity contribution < 1.29 is 9.18 Å². The van der Waals surface area contributed by atoms with Crippen molar-refractivity contribution in [2.24, 2.45) is 11.1 Å². The first kappa shape index (κ1) is 12.3. The Hall–Kier alpha value is -1.78. The maximum absolute atomic E-state index is 12.8. The van der Waals surface area contributed by atoms with Crippen molar-refractivity contribution in [3.05, 3.63) is 24.0 Å². The molecule has 1 rings (SSSR count). The van der Waals surface area contributed by atoms with Gasteiger partial charge >= 0.3 is 0 Å². The van der Waals surface area contributed by atoms with E-state index in [-0.39, 0.29) is 0 Å². The summed E-state index contributed by atoms with van der Waals surface area (Å²) in [4.78, 5) is 11.1. The van der Waals surface area contributed by atoms with E-state index in [1.807, 2.05) is 0 Å². The summed E-state index contributed by atoms with van der Waals surface area (Å²) in [5.41, 5.74) is 11.1. The van der Waals surface area contributed by atoms with Gasteiger partial charge in [0.1, 0.15) is 5.82 Å². The fourth-order valence-electron chi connectivity index (χ4n) is 1.10. The number of amides is 1. The second-order valence-corrected chi connectivity index (χ2v) is 4.33. The van der Waals surface area contributed by atoms with Crippen LogP contribution in [0.15, 0.2) is 18.2 Å². The number of rotatable bonds is 4. The molecule has 0 bridgehead atoms. The Bertz CT molecular complexity index is 404. The summed E-state index contributed by atoms with van der Waals surface area (Å²) in [5.74, 6) is -0.794. The van der Waals surface area contributed by atoms with E-state index in [2.05, 4.69) is 5.32 Å². The van der Waals surface area contributed by atoms with Crippen molar-refractivity contribution in [1.82, 2.24) is 0 Å².